The van der Waals surface area contributed by atoms with E-state index in [0.29, 0.717) is 16.9 Å². The van der Waals surface area contributed by atoms with Crippen molar-refractivity contribution in [2.45, 2.75) is 26.1 Å². The number of benzene rings is 1. The van der Waals surface area contributed by atoms with Gasteiger partial charge in [-0.15, -0.1) is 0 Å². The molecular weight excluding hydrogens is 274 g/mol. The van der Waals surface area contributed by atoms with Gasteiger partial charge < -0.3 is 20.0 Å². The fourth-order valence-corrected chi connectivity index (χ4v) is 1.92. The molecule has 1 aromatic carbocycles. The van der Waals surface area contributed by atoms with Crippen LogP contribution in [0.3, 0.4) is 0 Å². The van der Waals surface area contributed by atoms with Gasteiger partial charge in [-0.2, -0.15) is 0 Å². The summed E-state index contributed by atoms with van der Waals surface area (Å²) in [4.78, 5) is 23.6. The molecule has 0 spiro atoms. The van der Waals surface area contributed by atoms with Crippen molar-refractivity contribution in [3.05, 3.63) is 41.0 Å². The Hall–Kier alpha value is -2.47. The summed E-state index contributed by atoms with van der Waals surface area (Å²) < 4.78 is 10.3. The molecule has 21 heavy (non-hydrogen) atoms. The van der Waals surface area contributed by atoms with E-state index in [-0.39, 0.29) is 18.6 Å². The fraction of sp³-hybridized carbons (Fsp3) is 0.267. The summed E-state index contributed by atoms with van der Waals surface area (Å²) in [5.74, 6) is -0.966. The molecule has 110 valence electrons. The number of ether oxygens (including phenoxy) is 2. The number of cyclic esters (lactones) is 1. The summed E-state index contributed by atoms with van der Waals surface area (Å²) in [5, 5.41) is 16.6. The average molecular weight is 289 g/mol. The largest absolute Gasteiger partial charge is 0.457 e. The van der Waals surface area contributed by atoms with Crippen LogP contribution in [0, 0.1) is 5.41 Å². The lowest BCUT2D eigenvalue weighted by molar-refractivity contribution is -0.142. The molecule has 0 aliphatic carbocycles. The van der Waals surface area contributed by atoms with E-state index in [1.807, 2.05) is 0 Å². The molecule has 2 rings (SSSR count). The van der Waals surface area contributed by atoms with Crippen LogP contribution in [0.4, 0.5) is 0 Å². The van der Waals surface area contributed by atoms with Crippen molar-refractivity contribution < 1.29 is 24.2 Å². The molecule has 1 aliphatic heterocycles. The number of carbonyl (C=O) groups excluding carboxylic acids is 2. The summed E-state index contributed by atoms with van der Waals surface area (Å²) in [6.45, 7) is 1.54. The van der Waals surface area contributed by atoms with Gasteiger partial charge in [-0.3, -0.25) is 4.79 Å². The topological polar surface area (TPSA) is 96.7 Å². The van der Waals surface area contributed by atoms with Crippen LogP contribution in [0.25, 0.3) is 0 Å². The van der Waals surface area contributed by atoms with Gasteiger partial charge in [-0.05, 0) is 30.7 Å². The molecule has 6 nitrogen and oxygen atoms in total. The first-order valence-electron chi connectivity index (χ1n) is 6.39. The third-order valence-corrected chi connectivity index (χ3v) is 3.03. The standard InChI is InChI=1S/C15H15NO5/c1-9(17)10-2-3-13-12(6-10)8-20-15(19)11(4-5-16)7-14(18)21-13/h2-6,9,16-17H,7-8H2,1H3/b11-4+,16-5?. The van der Waals surface area contributed by atoms with E-state index in [0.717, 1.165) is 6.21 Å². The van der Waals surface area contributed by atoms with Crippen molar-refractivity contribution in [3.8, 4) is 5.75 Å². The van der Waals surface area contributed by atoms with Crippen LogP contribution >= 0.6 is 0 Å². The SMILES string of the molecule is CC(O)c1ccc2c(c1)COC(=O)/C(=C/C=N)CC(=O)O2. The van der Waals surface area contributed by atoms with E-state index in [4.69, 9.17) is 14.9 Å². The molecule has 1 heterocycles. The van der Waals surface area contributed by atoms with Crippen molar-refractivity contribution in [2.24, 2.45) is 0 Å². The summed E-state index contributed by atoms with van der Waals surface area (Å²) >= 11 is 0. The summed E-state index contributed by atoms with van der Waals surface area (Å²) in [6.07, 6.45) is 1.19. The average Bonchev–Trinajstić information content (AvgIpc) is 2.49. The van der Waals surface area contributed by atoms with Gasteiger partial charge in [-0.25, -0.2) is 4.79 Å². The highest BCUT2D eigenvalue weighted by molar-refractivity contribution is 5.97. The predicted octanol–water partition coefficient (Wildman–Crippen LogP) is 1.67. The molecule has 6 heteroatoms. The van der Waals surface area contributed by atoms with Crippen molar-refractivity contribution in [3.63, 3.8) is 0 Å². The maximum absolute atomic E-state index is 11.8. The number of fused-ring (bicyclic) bond motifs is 1. The molecule has 0 amide bonds. The molecule has 1 atom stereocenters. The van der Waals surface area contributed by atoms with E-state index >= 15 is 0 Å². The van der Waals surface area contributed by atoms with Crippen LogP contribution in [0.2, 0.25) is 0 Å². The van der Waals surface area contributed by atoms with E-state index in [1.165, 1.54) is 6.08 Å². The molecule has 1 aliphatic rings. The van der Waals surface area contributed by atoms with Crippen LogP contribution in [0.1, 0.15) is 30.6 Å². The van der Waals surface area contributed by atoms with Gasteiger partial charge in [0.05, 0.1) is 12.5 Å². The van der Waals surface area contributed by atoms with E-state index in [2.05, 4.69) is 0 Å². The maximum Gasteiger partial charge on any atom is 0.334 e. The lowest BCUT2D eigenvalue weighted by atomic mass is 10.1. The van der Waals surface area contributed by atoms with Crippen molar-refractivity contribution in [1.29, 1.82) is 5.41 Å². The Labute approximate surface area is 121 Å². The third-order valence-electron chi connectivity index (χ3n) is 3.03. The number of hydrogen-bond acceptors (Lipinski definition) is 6. The van der Waals surface area contributed by atoms with Crippen LogP contribution in [-0.4, -0.2) is 23.3 Å². The number of aliphatic hydroxyl groups is 1. The molecule has 0 saturated heterocycles. The minimum absolute atomic E-state index is 0.0681. The quantitative estimate of drug-likeness (QED) is 0.373. The molecule has 1 aromatic rings. The van der Waals surface area contributed by atoms with Gasteiger partial charge >= 0.3 is 11.9 Å². The molecule has 1 unspecified atom stereocenters. The number of aliphatic hydroxyl groups excluding tert-OH is 1. The highest BCUT2D eigenvalue weighted by Crippen LogP contribution is 2.26. The number of esters is 2. The molecule has 0 bridgehead atoms. The van der Waals surface area contributed by atoms with Gasteiger partial charge in [0.2, 0.25) is 0 Å². The minimum Gasteiger partial charge on any atom is -0.457 e. The Bertz CT molecular complexity index is 618. The number of hydrogen-bond donors (Lipinski definition) is 2. The number of rotatable bonds is 2. The van der Waals surface area contributed by atoms with E-state index in [1.54, 1.807) is 25.1 Å². The summed E-state index contributed by atoms with van der Waals surface area (Å²) in [7, 11) is 0. The first-order valence-corrected chi connectivity index (χ1v) is 6.39. The molecule has 0 fully saturated rings. The Morgan fingerprint density at radius 1 is 1.38 bits per heavy atom. The van der Waals surface area contributed by atoms with E-state index < -0.39 is 18.0 Å². The van der Waals surface area contributed by atoms with Gasteiger partial charge in [0.1, 0.15) is 12.4 Å². The molecule has 0 saturated carbocycles. The predicted molar refractivity (Wildman–Crippen MR) is 74.0 cm³/mol. The molecule has 2 N–H and O–H groups in total. The zero-order chi connectivity index (χ0) is 15.4. The number of carbonyl (C=O) groups is 2. The maximum atomic E-state index is 11.8. The molecule has 0 aromatic heterocycles. The molecular formula is C15H15NO5. The van der Waals surface area contributed by atoms with Crippen molar-refractivity contribution >= 4 is 18.2 Å². The smallest absolute Gasteiger partial charge is 0.334 e. The first-order chi connectivity index (χ1) is 10.0. The zero-order valence-corrected chi connectivity index (χ0v) is 11.5. The lowest BCUT2D eigenvalue weighted by Crippen LogP contribution is -2.13. The monoisotopic (exact) mass is 289 g/mol. The van der Waals surface area contributed by atoms with Crippen LogP contribution < -0.4 is 4.74 Å². The van der Waals surface area contributed by atoms with Gasteiger partial charge in [0, 0.05) is 17.4 Å². The summed E-state index contributed by atoms with van der Waals surface area (Å²) in [5.41, 5.74) is 1.21. The molecule has 0 radical (unpaired) electrons. The van der Waals surface area contributed by atoms with Crippen molar-refractivity contribution in [1.82, 2.24) is 0 Å². The Morgan fingerprint density at radius 2 is 2.14 bits per heavy atom. The highest BCUT2D eigenvalue weighted by atomic mass is 16.5. The number of allylic oxidation sites excluding steroid dienone is 1. The zero-order valence-electron chi connectivity index (χ0n) is 11.5. The lowest BCUT2D eigenvalue weighted by Gasteiger charge is -2.11. The summed E-state index contributed by atoms with van der Waals surface area (Å²) in [6, 6.07) is 4.84. The van der Waals surface area contributed by atoms with E-state index in [9.17, 15) is 14.7 Å². The van der Waals surface area contributed by atoms with Crippen LogP contribution in [0.5, 0.6) is 5.75 Å². The normalized spacial score (nSPS) is 18.7. The Balaban J connectivity index is 2.36. The first kappa shape index (κ1) is 14.9. The second kappa shape index (κ2) is 6.32. The minimum atomic E-state index is -0.678. The highest BCUT2D eigenvalue weighted by Gasteiger charge is 2.21. The fourth-order valence-electron chi connectivity index (χ4n) is 1.92. The van der Waals surface area contributed by atoms with Gasteiger partial charge in [0.15, 0.2) is 0 Å². The second-order valence-electron chi connectivity index (χ2n) is 4.63. The van der Waals surface area contributed by atoms with Gasteiger partial charge in [0.25, 0.3) is 0 Å². The third kappa shape index (κ3) is 3.55. The Kier molecular flexibility index (Phi) is 4.49. The number of nitrogens with one attached hydrogen (secondary N) is 1. The second-order valence-corrected chi connectivity index (χ2v) is 4.63. The van der Waals surface area contributed by atoms with Crippen LogP contribution in [-0.2, 0) is 20.9 Å². The van der Waals surface area contributed by atoms with Crippen LogP contribution in [0.15, 0.2) is 29.8 Å². The van der Waals surface area contributed by atoms with Crippen molar-refractivity contribution in [2.75, 3.05) is 0 Å². The van der Waals surface area contributed by atoms with Gasteiger partial charge in [-0.1, -0.05) is 6.07 Å². The Morgan fingerprint density at radius 3 is 2.81 bits per heavy atom.